The molecule has 4 nitrogen and oxygen atoms in total. The average Bonchev–Trinajstić information content (AvgIpc) is 2.73. The second-order valence-electron chi connectivity index (χ2n) is 8.35. The summed E-state index contributed by atoms with van der Waals surface area (Å²) in [4.78, 5) is 13.5. The van der Waals surface area contributed by atoms with E-state index >= 15 is 0 Å². The van der Waals surface area contributed by atoms with Gasteiger partial charge in [0, 0.05) is 24.4 Å². The van der Waals surface area contributed by atoms with E-state index in [9.17, 15) is 9.90 Å². The molecule has 3 fully saturated rings. The van der Waals surface area contributed by atoms with Gasteiger partial charge in [0.05, 0.1) is 7.11 Å². The molecule has 2 bridgehead atoms. The molecule has 3 aliphatic rings. The molecule has 4 rings (SSSR count). The summed E-state index contributed by atoms with van der Waals surface area (Å²) < 4.78 is 4.68. The second kappa shape index (κ2) is 10.1. The molecule has 0 amide bonds. The summed E-state index contributed by atoms with van der Waals surface area (Å²) >= 11 is 0. The summed E-state index contributed by atoms with van der Waals surface area (Å²) in [6.07, 6.45) is 9.17. The molecule has 0 saturated carbocycles. The first-order valence-electron chi connectivity index (χ1n) is 10.8. The van der Waals surface area contributed by atoms with Crippen LogP contribution < -0.4 is 0 Å². The van der Waals surface area contributed by atoms with Gasteiger partial charge in [0.2, 0.25) is 0 Å². The number of nitrogens with zero attached hydrogens (tertiary/aromatic N) is 1. The fourth-order valence-corrected chi connectivity index (χ4v) is 4.48. The topological polar surface area (TPSA) is 49.8 Å². The van der Waals surface area contributed by atoms with E-state index in [-0.39, 0.29) is 5.97 Å². The number of rotatable bonds is 8. The number of allylic oxidation sites excluding steroid dienone is 1. The number of ether oxygens (including phenoxy) is 1. The number of unbranched alkanes of at least 4 members (excludes halogenated alkanes) is 2. The first-order valence-corrected chi connectivity index (χ1v) is 10.8. The number of carbonyl (C=O) groups is 1. The molecule has 3 saturated heterocycles. The Balaban J connectivity index is 1.63. The summed E-state index contributed by atoms with van der Waals surface area (Å²) in [6, 6.07) is 6.43. The lowest BCUT2D eigenvalue weighted by molar-refractivity contribution is -0.140. The van der Waals surface area contributed by atoms with Gasteiger partial charge in [-0.3, -0.25) is 9.69 Å². The Kier molecular flexibility index (Phi) is 7.52. The largest absolute Gasteiger partial charge is 0.469 e. The van der Waals surface area contributed by atoms with Crippen molar-refractivity contribution in [2.24, 2.45) is 5.92 Å². The van der Waals surface area contributed by atoms with Crippen LogP contribution in [-0.2, 0) is 22.4 Å². The third-order valence-corrected chi connectivity index (χ3v) is 6.25. The number of aliphatic hydroxyl groups is 1. The molecule has 1 unspecified atom stereocenters. The van der Waals surface area contributed by atoms with Crippen LogP contribution in [0.15, 0.2) is 30.9 Å². The zero-order valence-corrected chi connectivity index (χ0v) is 17.6. The number of hydrogen-bond donors (Lipinski definition) is 1. The Bertz CT molecular complexity index is 783. The molecule has 29 heavy (non-hydrogen) atoms. The Morgan fingerprint density at radius 2 is 2.14 bits per heavy atom. The van der Waals surface area contributed by atoms with Gasteiger partial charge in [0.15, 0.2) is 0 Å². The van der Waals surface area contributed by atoms with Gasteiger partial charge in [0.25, 0.3) is 0 Å². The monoisotopic (exact) mass is 395 g/mol. The van der Waals surface area contributed by atoms with E-state index in [4.69, 9.17) is 0 Å². The van der Waals surface area contributed by atoms with Crippen molar-refractivity contribution in [3.05, 3.63) is 47.5 Å². The third-order valence-electron chi connectivity index (χ3n) is 6.25. The number of carbonyl (C=O) groups excluding carboxylic acids is 1. The van der Waals surface area contributed by atoms with E-state index in [1.807, 2.05) is 6.08 Å². The van der Waals surface area contributed by atoms with Gasteiger partial charge in [-0.05, 0) is 68.8 Å². The molecule has 1 N–H and O–H groups in total. The normalized spacial score (nSPS) is 25.2. The minimum Gasteiger partial charge on any atom is -0.469 e. The van der Waals surface area contributed by atoms with E-state index in [1.54, 1.807) is 0 Å². The zero-order chi connectivity index (χ0) is 20.7. The van der Waals surface area contributed by atoms with Gasteiger partial charge in [-0.25, -0.2) is 0 Å². The number of esters is 1. The predicted octanol–water partition coefficient (Wildman–Crippen LogP) is 3.50. The lowest BCUT2D eigenvalue weighted by Crippen LogP contribution is -2.58. The Morgan fingerprint density at radius 1 is 1.34 bits per heavy atom. The average molecular weight is 396 g/mol. The first-order chi connectivity index (χ1) is 14.0. The van der Waals surface area contributed by atoms with Gasteiger partial charge < -0.3 is 9.84 Å². The molecule has 1 aromatic carbocycles. The molecular weight excluding hydrogens is 362 g/mol. The van der Waals surface area contributed by atoms with Crippen molar-refractivity contribution in [2.45, 2.75) is 57.0 Å². The summed E-state index contributed by atoms with van der Waals surface area (Å²) in [5.74, 6) is 6.68. The van der Waals surface area contributed by atoms with Gasteiger partial charge in [-0.2, -0.15) is 0 Å². The van der Waals surface area contributed by atoms with Crippen molar-refractivity contribution >= 4 is 5.97 Å². The Labute approximate surface area is 174 Å². The van der Waals surface area contributed by atoms with Crippen molar-refractivity contribution in [1.82, 2.24) is 4.90 Å². The third kappa shape index (κ3) is 5.72. The molecular formula is C25H33NO3. The van der Waals surface area contributed by atoms with Crippen molar-refractivity contribution in [3.8, 4) is 11.8 Å². The van der Waals surface area contributed by atoms with Crippen LogP contribution in [0.4, 0.5) is 0 Å². The summed E-state index contributed by atoms with van der Waals surface area (Å²) in [5, 5.41) is 11.1. The fourth-order valence-electron chi connectivity index (χ4n) is 4.48. The van der Waals surface area contributed by atoms with Gasteiger partial charge in [-0.1, -0.05) is 36.5 Å². The van der Waals surface area contributed by atoms with E-state index in [0.29, 0.717) is 18.9 Å². The van der Waals surface area contributed by atoms with Crippen LogP contribution in [0.2, 0.25) is 0 Å². The molecule has 4 heteroatoms. The Hall–Kier alpha value is -2.09. The first kappa shape index (κ1) is 21.6. The van der Waals surface area contributed by atoms with Crippen molar-refractivity contribution in [2.75, 3.05) is 26.7 Å². The Morgan fingerprint density at radius 3 is 2.79 bits per heavy atom. The highest BCUT2D eigenvalue weighted by atomic mass is 16.5. The lowest BCUT2D eigenvalue weighted by Gasteiger charge is -2.47. The van der Waals surface area contributed by atoms with Crippen LogP contribution in [-0.4, -0.2) is 48.3 Å². The van der Waals surface area contributed by atoms with Gasteiger partial charge >= 0.3 is 5.97 Å². The van der Waals surface area contributed by atoms with E-state index in [1.165, 1.54) is 18.2 Å². The highest BCUT2D eigenvalue weighted by molar-refractivity contribution is 5.68. The molecule has 0 spiro atoms. The molecule has 1 aromatic rings. The van der Waals surface area contributed by atoms with Crippen LogP contribution in [0.1, 0.15) is 55.2 Å². The highest BCUT2D eigenvalue weighted by Crippen LogP contribution is 2.35. The summed E-state index contributed by atoms with van der Waals surface area (Å²) in [7, 11) is 1.43. The van der Waals surface area contributed by atoms with Crippen LogP contribution in [0.25, 0.3) is 0 Å². The predicted molar refractivity (Wildman–Crippen MR) is 116 cm³/mol. The van der Waals surface area contributed by atoms with Crippen molar-refractivity contribution in [1.29, 1.82) is 0 Å². The van der Waals surface area contributed by atoms with E-state index in [2.05, 4.69) is 46.3 Å². The molecule has 0 aromatic heterocycles. The maximum absolute atomic E-state index is 11.2. The molecule has 3 aliphatic heterocycles. The van der Waals surface area contributed by atoms with Crippen LogP contribution in [0.5, 0.6) is 0 Å². The quantitative estimate of drug-likeness (QED) is 0.317. The van der Waals surface area contributed by atoms with E-state index in [0.717, 1.165) is 63.6 Å². The number of methoxy groups -OCH3 is 1. The number of aryl methyl sites for hydroxylation is 1. The standard InChI is InChI=1S/C25H33NO3/c1-3-7-22-18-20(8-5-4-6-9-24(27)29-2)10-11-21(22)12-15-25(28)19-26-16-13-23(25)14-17-26/h3,10-11,18,23,28H,1,4-9,13-14,16-17,19H2,2H3. The van der Waals surface area contributed by atoms with Crippen LogP contribution >= 0.6 is 0 Å². The molecule has 3 heterocycles. The molecule has 0 radical (unpaired) electrons. The SMILES string of the molecule is C=CCc1cc(CCCCCC(=O)OC)ccc1C#CC1(O)CN2CCC1CC2. The molecule has 0 aliphatic carbocycles. The minimum absolute atomic E-state index is 0.133. The smallest absolute Gasteiger partial charge is 0.305 e. The summed E-state index contributed by atoms with van der Waals surface area (Å²) in [6.45, 7) is 6.73. The fraction of sp³-hybridized carbons (Fsp3) is 0.560. The maximum Gasteiger partial charge on any atom is 0.305 e. The maximum atomic E-state index is 11.2. The number of fused-ring (bicyclic) bond motifs is 3. The van der Waals surface area contributed by atoms with Gasteiger partial charge in [-0.15, -0.1) is 6.58 Å². The number of piperidine rings is 3. The highest BCUT2D eigenvalue weighted by Gasteiger charge is 2.44. The lowest BCUT2D eigenvalue weighted by atomic mass is 9.75. The molecule has 156 valence electrons. The molecule has 1 atom stereocenters. The van der Waals surface area contributed by atoms with Crippen LogP contribution in [0.3, 0.4) is 0 Å². The second-order valence-corrected chi connectivity index (χ2v) is 8.35. The zero-order valence-electron chi connectivity index (χ0n) is 17.6. The van der Waals surface area contributed by atoms with Gasteiger partial charge in [0.1, 0.15) is 5.60 Å². The number of benzene rings is 1. The van der Waals surface area contributed by atoms with Crippen LogP contribution in [0, 0.1) is 17.8 Å². The minimum atomic E-state index is -0.875. The van der Waals surface area contributed by atoms with E-state index < -0.39 is 5.60 Å². The summed E-state index contributed by atoms with van der Waals surface area (Å²) in [5.41, 5.74) is 2.57. The number of hydrogen-bond acceptors (Lipinski definition) is 4. The van der Waals surface area contributed by atoms with Crippen molar-refractivity contribution in [3.63, 3.8) is 0 Å². The van der Waals surface area contributed by atoms with Crippen molar-refractivity contribution < 1.29 is 14.6 Å².